The Balaban J connectivity index is 2.21. The molecule has 0 unspecified atom stereocenters. The fourth-order valence-electron chi connectivity index (χ4n) is 1.35. The molecule has 2 aromatic rings. The van der Waals surface area contributed by atoms with E-state index in [0.717, 1.165) is 8.95 Å². The number of benzene rings is 1. The van der Waals surface area contributed by atoms with Gasteiger partial charge in [0.25, 0.3) is 5.91 Å². The van der Waals surface area contributed by atoms with Gasteiger partial charge in [0, 0.05) is 20.8 Å². The van der Waals surface area contributed by atoms with E-state index in [1.807, 2.05) is 12.1 Å². The zero-order valence-electron chi connectivity index (χ0n) is 9.15. The second kappa shape index (κ2) is 5.49. The molecule has 0 radical (unpaired) electrons. The van der Waals surface area contributed by atoms with Crippen LogP contribution in [0.15, 0.2) is 45.5 Å². The lowest BCUT2D eigenvalue weighted by Crippen LogP contribution is -2.14. The molecule has 1 heterocycles. The zero-order valence-corrected chi connectivity index (χ0v) is 12.3. The third-order valence-corrected chi connectivity index (χ3v) is 3.35. The van der Waals surface area contributed by atoms with Crippen LogP contribution in [0, 0.1) is 0 Å². The predicted molar refractivity (Wildman–Crippen MR) is 78.4 cm³/mol. The Hall–Kier alpha value is -1.40. The van der Waals surface area contributed by atoms with Gasteiger partial charge in [-0.3, -0.25) is 9.78 Å². The molecule has 0 saturated heterocycles. The number of rotatable bonds is 2. The number of anilines is 2. The number of halogens is 2. The van der Waals surface area contributed by atoms with Crippen molar-refractivity contribution in [3.8, 4) is 0 Å². The molecule has 0 saturated carbocycles. The molecule has 0 atom stereocenters. The maximum Gasteiger partial charge on any atom is 0.274 e. The summed E-state index contributed by atoms with van der Waals surface area (Å²) in [6.07, 6.45) is 1.50. The molecule has 18 heavy (non-hydrogen) atoms. The number of hydrogen-bond donors (Lipinski definition) is 2. The summed E-state index contributed by atoms with van der Waals surface area (Å²) >= 11 is 6.72. The van der Waals surface area contributed by atoms with Gasteiger partial charge in [-0.15, -0.1) is 0 Å². The van der Waals surface area contributed by atoms with Crippen molar-refractivity contribution in [1.29, 1.82) is 0 Å². The van der Waals surface area contributed by atoms with Crippen LogP contribution in [0.4, 0.5) is 11.4 Å². The van der Waals surface area contributed by atoms with Crippen LogP contribution in [0.3, 0.4) is 0 Å². The standard InChI is InChI=1S/C12H9Br2N3O/c13-7-1-2-10(9(14)5-7)17-12(18)11-6-8(15)3-4-16-11/h1-6H,(H2,15,16)(H,17,18). The number of aromatic nitrogens is 1. The van der Waals surface area contributed by atoms with E-state index in [9.17, 15) is 4.79 Å². The van der Waals surface area contributed by atoms with Crippen molar-refractivity contribution in [2.75, 3.05) is 11.1 Å². The highest BCUT2D eigenvalue weighted by molar-refractivity contribution is 9.11. The summed E-state index contributed by atoms with van der Waals surface area (Å²) in [5.41, 5.74) is 7.06. The molecule has 0 aliphatic heterocycles. The molecular weight excluding hydrogens is 362 g/mol. The molecule has 0 bridgehead atoms. The van der Waals surface area contributed by atoms with Crippen LogP contribution in [0.25, 0.3) is 0 Å². The van der Waals surface area contributed by atoms with Crippen LogP contribution in [0.5, 0.6) is 0 Å². The summed E-state index contributed by atoms with van der Waals surface area (Å²) in [6.45, 7) is 0. The normalized spacial score (nSPS) is 10.1. The monoisotopic (exact) mass is 369 g/mol. The first-order chi connectivity index (χ1) is 8.56. The molecule has 6 heteroatoms. The molecule has 3 N–H and O–H groups in total. The van der Waals surface area contributed by atoms with Crippen LogP contribution >= 0.6 is 31.9 Å². The minimum Gasteiger partial charge on any atom is -0.399 e. The fourth-order valence-corrected chi connectivity index (χ4v) is 2.49. The number of nitrogens with two attached hydrogens (primary N) is 1. The van der Waals surface area contributed by atoms with Crippen LogP contribution < -0.4 is 11.1 Å². The second-order valence-corrected chi connectivity index (χ2v) is 5.32. The number of amides is 1. The molecule has 0 aliphatic rings. The van der Waals surface area contributed by atoms with Crippen molar-refractivity contribution < 1.29 is 4.79 Å². The van der Waals surface area contributed by atoms with Gasteiger partial charge in [-0.05, 0) is 46.3 Å². The molecule has 0 spiro atoms. The number of hydrogen-bond acceptors (Lipinski definition) is 3. The van der Waals surface area contributed by atoms with Gasteiger partial charge in [0.2, 0.25) is 0 Å². The summed E-state index contributed by atoms with van der Waals surface area (Å²) in [6, 6.07) is 8.64. The van der Waals surface area contributed by atoms with Gasteiger partial charge < -0.3 is 11.1 Å². The van der Waals surface area contributed by atoms with Crippen LogP contribution in [-0.2, 0) is 0 Å². The molecular formula is C12H9Br2N3O. The number of nitrogens with zero attached hydrogens (tertiary/aromatic N) is 1. The summed E-state index contributed by atoms with van der Waals surface area (Å²) in [7, 11) is 0. The minimum absolute atomic E-state index is 0.282. The van der Waals surface area contributed by atoms with E-state index >= 15 is 0 Å². The summed E-state index contributed by atoms with van der Waals surface area (Å²) < 4.78 is 1.71. The van der Waals surface area contributed by atoms with E-state index in [4.69, 9.17) is 5.73 Å². The van der Waals surface area contributed by atoms with Gasteiger partial charge in [0.15, 0.2) is 0 Å². The Morgan fingerprint density at radius 1 is 1.22 bits per heavy atom. The Bertz CT molecular complexity index is 602. The maximum atomic E-state index is 11.9. The fraction of sp³-hybridized carbons (Fsp3) is 0. The smallest absolute Gasteiger partial charge is 0.274 e. The molecule has 1 aromatic heterocycles. The van der Waals surface area contributed by atoms with Crippen LogP contribution in [0.1, 0.15) is 10.5 Å². The minimum atomic E-state index is -0.301. The van der Waals surface area contributed by atoms with Gasteiger partial charge in [-0.2, -0.15) is 0 Å². The first-order valence-corrected chi connectivity index (χ1v) is 6.63. The van der Waals surface area contributed by atoms with Crippen LogP contribution in [-0.4, -0.2) is 10.9 Å². The van der Waals surface area contributed by atoms with Gasteiger partial charge in [0.1, 0.15) is 5.69 Å². The molecule has 1 amide bonds. The highest BCUT2D eigenvalue weighted by Crippen LogP contribution is 2.26. The number of carbonyl (C=O) groups excluding carboxylic acids is 1. The lowest BCUT2D eigenvalue weighted by atomic mass is 10.3. The van der Waals surface area contributed by atoms with Gasteiger partial charge in [0.05, 0.1) is 5.69 Å². The molecule has 2 rings (SSSR count). The lowest BCUT2D eigenvalue weighted by molar-refractivity contribution is 0.102. The first-order valence-electron chi connectivity index (χ1n) is 5.04. The number of nitrogen functional groups attached to an aromatic ring is 1. The van der Waals surface area contributed by atoms with Crippen LogP contribution in [0.2, 0.25) is 0 Å². The highest BCUT2D eigenvalue weighted by Gasteiger charge is 2.09. The lowest BCUT2D eigenvalue weighted by Gasteiger charge is -2.07. The van der Waals surface area contributed by atoms with Crippen molar-refractivity contribution in [3.05, 3.63) is 51.2 Å². The second-order valence-electron chi connectivity index (χ2n) is 3.55. The van der Waals surface area contributed by atoms with E-state index < -0.39 is 0 Å². The molecule has 4 nitrogen and oxygen atoms in total. The van der Waals surface area contributed by atoms with Crippen molar-refractivity contribution in [2.45, 2.75) is 0 Å². The third kappa shape index (κ3) is 3.08. The largest absolute Gasteiger partial charge is 0.399 e. The topological polar surface area (TPSA) is 68.0 Å². The molecule has 0 fully saturated rings. The average molecular weight is 371 g/mol. The molecule has 0 aliphatic carbocycles. The predicted octanol–water partition coefficient (Wildman–Crippen LogP) is 3.44. The summed E-state index contributed by atoms with van der Waals surface area (Å²) in [5.74, 6) is -0.301. The molecule has 1 aromatic carbocycles. The Morgan fingerprint density at radius 2 is 2.00 bits per heavy atom. The van der Waals surface area contributed by atoms with E-state index in [0.29, 0.717) is 11.4 Å². The van der Waals surface area contributed by atoms with Gasteiger partial charge >= 0.3 is 0 Å². The maximum absolute atomic E-state index is 11.9. The van der Waals surface area contributed by atoms with Gasteiger partial charge in [-0.1, -0.05) is 15.9 Å². The Morgan fingerprint density at radius 3 is 2.67 bits per heavy atom. The third-order valence-electron chi connectivity index (χ3n) is 2.20. The highest BCUT2D eigenvalue weighted by atomic mass is 79.9. The van der Waals surface area contributed by atoms with Gasteiger partial charge in [-0.25, -0.2) is 0 Å². The first kappa shape index (κ1) is 13.0. The summed E-state index contributed by atoms with van der Waals surface area (Å²) in [4.78, 5) is 15.9. The van der Waals surface area contributed by atoms with E-state index in [-0.39, 0.29) is 11.6 Å². The van der Waals surface area contributed by atoms with E-state index in [1.165, 1.54) is 12.3 Å². The van der Waals surface area contributed by atoms with Crippen molar-refractivity contribution >= 4 is 49.1 Å². The van der Waals surface area contributed by atoms with Crippen molar-refractivity contribution in [2.24, 2.45) is 0 Å². The average Bonchev–Trinajstić information content (AvgIpc) is 2.32. The number of carbonyl (C=O) groups is 1. The van der Waals surface area contributed by atoms with Crippen molar-refractivity contribution in [3.63, 3.8) is 0 Å². The Kier molecular flexibility index (Phi) is 3.98. The zero-order chi connectivity index (χ0) is 13.1. The summed E-state index contributed by atoms with van der Waals surface area (Å²) in [5, 5.41) is 2.76. The number of nitrogens with one attached hydrogen (secondary N) is 1. The van der Waals surface area contributed by atoms with E-state index in [2.05, 4.69) is 42.2 Å². The van der Waals surface area contributed by atoms with E-state index in [1.54, 1.807) is 12.1 Å². The SMILES string of the molecule is Nc1ccnc(C(=O)Nc2ccc(Br)cc2Br)c1. The Labute approximate surface area is 121 Å². The number of pyridine rings is 1. The van der Waals surface area contributed by atoms with Crippen molar-refractivity contribution in [1.82, 2.24) is 4.98 Å². The molecule has 92 valence electrons. The quantitative estimate of drug-likeness (QED) is 0.850.